The minimum absolute atomic E-state index is 0.284. The molecular weight excluding hydrogens is 514 g/mol. The van der Waals surface area contributed by atoms with Crippen molar-refractivity contribution < 1.29 is 4.42 Å². The van der Waals surface area contributed by atoms with Crippen LogP contribution < -0.4 is 0 Å². The predicted octanol–water partition coefficient (Wildman–Crippen LogP) is 10.5. The summed E-state index contributed by atoms with van der Waals surface area (Å²) in [5.41, 5.74) is 12.9. The molecule has 0 spiro atoms. The van der Waals surface area contributed by atoms with Crippen molar-refractivity contribution in [1.82, 2.24) is 14.5 Å². The van der Waals surface area contributed by atoms with Gasteiger partial charge in [-0.05, 0) is 78.3 Å². The standard InChI is InChI=1S/C38H35N3O/c1-22(2)31-20-27(26-13-8-7-9-14-26)21-32(23(3)4)36(31)41-35-25(6)39-24(5)19-33(35)40-38(41)30-17-12-16-29-28-15-10-11-18-34(28)42-37(29)30/h7-23H,1-6H3. The molecule has 42 heavy (non-hydrogen) atoms. The zero-order valence-corrected chi connectivity index (χ0v) is 25.1. The van der Waals surface area contributed by atoms with Crippen molar-refractivity contribution in [2.75, 3.05) is 0 Å². The van der Waals surface area contributed by atoms with E-state index in [1.54, 1.807) is 0 Å². The third-order valence-corrected chi connectivity index (χ3v) is 8.33. The number of hydrogen-bond donors (Lipinski definition) is 0. The second-order valence-electron chi connectivity index (χ2n) is 11.9. The van der Waals surface area contributed by atoms with Crippen LogP contribution in [0.5, 0.6) is 0 Å². The molecule has 0 aliphatic heterocycles. The Labute approximate surface area is 246 Å². The molecule has 4 aromatic carbocycles. The number of aryl methyl sites for hydroxylation is 2. The molecule has 0 saturated carbocycles. The third-order valence-electron chi connectivity index (χ3n) is 8.33. The van der Waals surface area contributed by atoms with Crippen molar-refractivity contribution in [3.63, 3.8) is 0 Å². The summed E-state index contributed by atoms with van der Waals surface area (Å²) in [6.07, 6.45) is 0. The van der Waals surface area contributed by atoms with Crippen molar-refractivity contribution in [3.8, 4) is 28.2 Å². The van der Waals surface area contributed by atoms with E-state index in [1.165, 1.54) is 27.9 Å². The van der Waals surface area contributed by atoms with E-state index in [-0.39, 0.29) is 11.8 Å². The summed E-state index contributed by atoms with van der Waals surface area (Å²) in [5, 5.41) is 2.21. The highest BCUT2D eigenvalue weighted by Crippen LogP contribution is 2.42. The predicted molar refractivity (Wildman–Crippen MR) is 175 cm³/mol. The van der Waals surface area contributed by atoms with E-state index < -0.39 is 0 Å². The monoisotopic (exact) mass is 549 g/mol. The fourth-order valence-electron chi connectivity index (χ4n) is 6.37. The smallest absolute Gasteiger partial charge is 0.149 e. The van der Waals surface area contributed by atoms with Crippen LogP contribution >= 0.6 is 0 Å². The van der Waals surface area contributed by atoms with Crippen molar-refractivity contribution in [2.45, 2.75) is 53.4 Å². The van der Waals surface area contributed by atoms with Crippen LogP contribution in [0, 0.1) is 13.8 Å². The minimum atomic E-state index is 0.284. The fraction of sp³-hybridized carbons (Fsp3) is 0.211. The molecule has 208 valence electrons. The first-order valence-corrected chi connectivity index (χ1v) is 14.8. The SMILES string of the molecule is Cc1cc2nc(-c3cccc4c3oc3ccccc34)n(-c3c(C(C)C)cc(-c4ccccc4)cc3C(C)C)c2c(C)n1. The van der Waals surface area contributed by atoms with Gasteiger partial charge in [0.05, 0.1) is 28.0 Å². The molecule has 4 heteroatoms. The number of aromatic nitrogens is 3. The van der Waals surface area contributed by atoms with E-state index in [2.05, 4.69) is 118 Å². The van der Waals surface area contributed by atoms with Gasteiger partial charge >= 0.3 is 0 Å². The summed E-state index contributed by atoms with van der Waals surface area (Å²) in [6.45, 7) is 13.3. The summed E-state index contributed by atoms with van der Waals surface area (Å²) in [6, 6.07) is 32.2. The molecule has 0 unspecified atom stereocenters. The van der Waals surface area contributed by atoms with Crippen molar-refractivity contribution in [1.29, 1.82) is 0 Å². The highest BCUT2D eigenvalue weighted by atomic mass is 16.3. The topological polar surface area (TPSA) is 43.9 Å². The summed E-state index contributed by atoms with van der Waals surface area (Å²) >= 11 is 0. The lowest BCUT2D eigenvalue weighted by Crippen LogP contribution is -2.10. The van der Waals surface area contributed by atoms with Gasteiger partial charge in [-0.15, -0.1) is 0 Å². The Balaban J connectivity index is 1.63. The molecule has 4 nitrogen and oxygen atoms in total. The number of hydrogen-bond acceptors (Lipinski definition) is 3. The molecule has 0 fully saturated rings. The maximum atomic E-state index is 6.54. The number of fused-ring (bicyclic) bond motifs is 4. The lowest BCUT2D eigenvalue weighted by Gasteiger charge is -2.24. The molecule has 0 amide bonds. The van der Waals surface area contributed by atoms with Crippen LogP contribution in [0.4, 0.5) is 0 Å². The van der Waals surface area contributed by atoms with E-state index in [0.717, 1.165) is 55.7 Å². The second kappa shape index (κ2) is 9.99. The van der Waals surface area contributed by atoms with Crippen LogP contribution in [-0.4, -0.2) is 14.5 Å². The number of furan rings is 1. The van der Waals surface area contributed by atoms with Gasteiger partial charge in [0, 0.05) is 16.5 Å². The van der Waals surface area contributed by atoms with Crippen LogP contribution in [-0.2, 0) is 0 Å². The number of rotatable bonds is 5. The first kappa shape index (κ1) is 26.2. The highest BCUT2D eigenvalue weighted by Gasteiger charge is 2.26. The summed E-state index contributed by atoms with van der Waals surface area (Å²) < 4.78 is 8.92. The van der Waals surface area contributed by atoms with Gasteiger partial charge in [0.1, 0.15) is 17.0 Å². The number of benzene rings is 4. The number of para-hydroxylation sites is 2. The molecule has 7 rings (SSSR count). The van der Waals surface area contributed by atoms with Crippen LogP contribution in [0.25, 0.3) is 61.2 Å². The van der Waals surface area contributed by atoms with Gasteiger partial charge in [-0.2, -0.15) is 0 Å². The zero-order valence-electron chi connectivity index (χ0n) is 25.1. The Morgan fingerprint density at radius 1 is 0.667 bits per heavy atom. The maximum absolute atomic E-state index is 6.54. The van der Waals surface area contributed by atoms with E-state index in [9.17, 15) is 0 Å². The quantitative estimate of drug-likeness (QED) is 0.214. The van der Waals surface area contributed by atoms with Crippen LogP contribution in [0.2, 0.25) is 0 Å². The molecule has 0 aliphatic carbocycles. The molecule has 7 aromatic rings. The molecule has 0 aliphatic rings. The molecule has 3 heterocycles. The molecule has 0 radical (unpaired) electrons. The van der Waals surface area contributed by atoms with E-state index >= 15 is 0 Å². The second-order valence-corrected chi connectivity index (χ2v) is 11.9. The summed E-state index contributed by atoms with van der Waals surface area (Å²) in [5.74, 6) is 1.45. The molecule has 0 N–H and O–H groups in total. The summed E-state index contributed by atoms with van der Waals surface area (Å²) in [7, 11) is 0. The van der Waals surface area contributed by atoms with Gasteiger partial charge in [0.15, 0.2) is 0 Å². The van der Waals surface area contributed by atoms with Crippen LogP contribution in [0.1, 0.15) is 62.0 Å². The Morgan fingerprint density at radius 3 is 2.05 bits per heavy atom. The van der Waals surface area contributed by atoms with Crippen LogP contribution in [0.3, 0.4) is 0 Å². The van der Waals surface area contributed by atoms with Gasteiger partial charge in [0.2, 0.25) is 0 Å². The molecule has 0 bridgehead atoms. The van der Waals surface area contributed by atoms with Gasteiger partial charge in [-0.25, -0.2) is 4.98 Å². The Kier molecular flexibility index (Phi) is 6.23. The van der Waals surface area contributed by atoms with E-state index in [1.807, 2.05) is 19.1 Å². The number of pyridine rings is 1. The molecule has 3 aromatic heterocycles. The number of nitrogens with zero attached hydrogens (tertiary/aromatic N) is 3. The molecule has 0 atom stereocenters. The average molecular weight is 550 g/mol. The Hall–Kier alpha value is -4.70. The van der Waals surface area contributed by atoms with Gasteiger partial charge in [0.25, 0.3) is 0 Å². The first-order valence-electron chi connectivity index (χ1n) is 14.8. The van der Waals surface area contributed by atoms with Crippen molar-refractivity contribution >= 4 is 33.0 Å². The van der Waals surface area contributed by atoms with Crippen LogP contribution in [0.15, 0.2) is 95.4 Å². The summed E-state index contributed by atoms with van der Waals surface area (Å²) in [4.78, 5) is 10.3. The Bertz CT molecular complexity index is 2080. The Morgan fingerprint density at radius 2 is 1.33 bits per heavy atom. The van der Waals surface area contributed by atoms with Gasteiger partial charge < -0.3 is 4.42 Å². The average Bonchev–Trinajstić information content (AvgIpc) is 3.55. The number of imidazole rings is 1. The zero-order chi connectivity index (χ0) is 29.1. The molecule has 0 saturated heterocycles. The first-order chi connectivity index (χ1) is 20.3. The lowest BCUT2D eigenvalue weighted by molar-refractivity contribution is 0.669. The van der Waals surface area contributed by atoms with Gasteiger partial charge in [-0.3, -0.25) is 9.55 Å². The van der Waals surface area contributed by atoms with Crippen molar-refractivity contribution in [3.05, 3.63) is 114 Å². The third kappa shape index (κ3) is 4.13. The van der Waals surface area contributed by atoms with Crippen molar-refractivity contribution in [2.24, 2.45) is 0 Å². The van der Waals surface area contributed by atoms with E-state index in [0.29, 0.717) is 0 Å². The highest BCUT2D eigenvalue weighted by molar-refractivity contribution is 6.09. The minimum Gasteiger partial charge on any atom is -0.455 e. The molecular formula is C38H35N3O. The van der Waals surface area contributed by atoms with E-state index in [4.69, 9.17) is 14.4 Å². The normalized spacial score (nSPS) is 12.0. The fourth-order valence-corrected chi connectivity index (χ4v) is 6.37. The lowest BCUT2D eigenvalue weighted by atomic mass is 9.88. The maximum Gasteiger partial charge on any atom is 0.149 e. The van der Waals surface area contributed by atoms with Gasteiger partial charge in [-0.1, -0.05) is 88.4 Å². The largest absolute Gasteiger partial charge is 0.455 e.